The van der Waals surface area contributed by atoms with Crippen molar-refractivity contribution in [3.05, 3.63) is 29.6 Å². The Morgan fingerprint density at radius 1 is 1.33 bits per heavy atom. The van der Waals surface area contributed by atoms with Crippen LogP contribution in [-0.4, -0.2) is 30.5 Å². The van der Waals surface area contributed by atoms with Crippen LogP contribution in [-0.2, 0) is 6.18 Å². The van der Waals surface area contributed by atoms with Crippen molar-refractivity contribution in [2.75, 3.05) is 19.6 Å². The van der Waals surface area contributed by atoms with E-state index in [0.717, 1.165) is 18.7 Å². The van der Waals surface area contributed by atoms with E-state index >= 15 is 0 Å². The van der Waals surface area contributed by atoms with E-state index < -0.39 is 17.6 Å². The normalized spacial score (nSPS) is 11.3. The molecule has 7 heteroatoms. The van der Waals surface area contributed by atoms with Gasteiger partial charge in [0.25, 0.3) is 5.91 Å². The highest BCUT2D eigenvalue weighted by Crippen LogP contribution is 2.28. The Labute approximate surface area is 103 Å². The highest BCUT2D eigenvalue weighted by molar-refractivity contribution is 5.92. The topological polar surface area (TPSA) is 54.0 Å². The Bertz CT molecular complexity index is 390. The number of pyridine rings is 1. The largest absolute Gasteiger partial charge is 0.417 e. The third-order valence-electron chi connectivity index (χ3n) is 2.16. The predicted molar refractivity (Wildman–Crippen MR) is 60.1 cm³/mol. The minimum Gasteiger partial charge on any atom is -0.349 e. The van der Waals surface area contributed by atoms with Gasteiger partial charge in [-0.2, -0.15) is 13.2 Å². The number of carbonyl (C=O) groups is 1. The minimum atomic E-state index is -4.44. The zero-order valence-corrected chi connectivity index (χ0v) is 9.84. The van der Waals surface area contributed by atoms with Gasteiger partial charge >= 0.3 is 6.18 Å². The van der Waals surface area contributed by atoms with Gasteiger partial charge in [-0.05, 0) is 18.7 Å². The highest BCUT2D eigenvalue weighted by Gasteiger charge is 2.30. The molecule has 0 fully saturated rings. The molecule has 2 N–H and O–H groups in total. The average molecular weight is 261 g/mol. The van der Waals surface area contributed by atoms with Crippen LogP contribution in [0.2, 0.25) is 0 Å². The van der Waals surface area contributed by atoms with Gasteiger partial charge in [-0.3, -0.25) is 9.78 Å². The fraction of sp³-hybridized carbons (Fsp3) is 0.455. The number of nitrogens with zero attached hydrogens (tertiary/aromatic N) is 1. The Kier molecular flexibility index (Phi) is 5.08. The SMILES string of the molecule is CCNCCNC(=O)c1ccc(C(F)(F)F)cn1. The molecule has 0 atom stereocenters. The molecule has 0 aliphatic rings. The van der Waals surface area contributed by atoms with E-state index in [2.05, 4.69) is 15.6 Å². The second-order valence-corrected chi connectivity index (χ2v) is 3.54. The molecule has 0 bridgehead atoms. The summed E-state index contributed by atoms with van der Waals surface area (Å²) in [6.07, 6.45) is -3.79. The molecule has 0 unspecified atom stereocenters. The number of hydrogen-bond donors (Lipinski definition) is 2. The number of halogens is 3. The summed E-state index contributed by atoms with van der Waals surface area (Å²) in [7, 11) is 0. The van der Waals surface area contributed by atoms with Gasteiger partial charge in [0.1, 0.15) is 5.69 Å². The minimum absolute atomic E-state index is 0.0282. The number of rotatable bonds is 5. The molecule has 1 heterocycles. The van der Waals surface area contributed by atoms with E-state index in [1.54, 1.807) is 0 Å². The van der Waals surface area contributed by atoms with Crippen LogP contribution in [0.25, 0.3) is 0 Å². The van der Waals surface area contributed by atoms with Crippen LogP contribution in [0.4, 0.5) is 13.2 Å². The van der Waals surface area contributed by atoms with Crippen LogP contribution in [0.1, 0.15) is 23.0 Å². The lowest BCUT2D eigenvalue weighted by atomic mass is 10.2. The van der Waals surface area contributed by atoms with Gasteiger partial charge in [0, 0.05) is 19.3 Å². The number of alkyl halides is 3. The highest BCUT2D eigenvalue weighted by atomic mass is 19.4. The second kappa shape index (κ2) is 6.34. The summed E-state index contributed by atoms with van der Waals surface area (Å²) in [5.74, 6) is -0.485. The first-order chi connectivity index (χ1) is 8.45. The maximum atomic E-state index is 12.3. The standard InChI is InChI=1S/C11H14F3N3O/c1-2-15-5-6-16-10(18)9-4-3-8(7-17-9)11(12,13)14/h3-4,7,15H,2,5-6H2,1H3,(H,16,18). The summed E-state index contributed by atoms with van der Waals surface area (Å²) in [5, 5.41) is 5.55. The number of amides is 1. The number of likely N-dealkylation sites (N-methyl/N-ethyl adjacent to an activating group) is 1. The van der Waals surface area contributed by atoms with Gasteiger partial charge in [0.15, 0.2) is 0 Å². The van der Waals surface area contributed by atoms with E-state index in [4.69, 9.17) is 0 Å². The Morgan fingerprint density at radius 3 is 2.56 bits per heavy atom. The van der Waals surface area contributed by atoms with Crippen LogP contribution < -0.4 is 10.6 Å². The molecule has 1 aromatic rings. The molecule has 0 aromatic carbocycles. The lowest BCUT2D eigenvalue weighted by Gasteiger charge is -2.07. The number of carbonyl (C=O) groups excluding carboxylic acids is 1. The lowest BCUT2D eigenvalue weighted by Crippen LogP contribution is -2.32. The van der Waals surface area contributed by atoms with Gasteiger partial charge < -0.3 is 10.6 Å². The molecule has 1 aromatic heterocycles. The van der Waals surface area contributed by atoms with Crippen molar-refractivity contribution >= 4 is 5.91 Å². The first kappa shape index (κ1) is 14.4. The molecule has 0 spiro atoms. The van der Waals surface area contributed by atoms with E-state index in [0.29, 0.717) is 19.3 Å². The zero-order valence-electron chi connectivity index (χ0n) is 9.84. The lowest BCUT2D eigenvalue weighted by molar-refractivity contribution is -0.137. The van der Waals surface area contributed by atoms with Crippen molar-refractivity contribution in [2.24, 2.45) is 0 Å². The van der Waals surface area contributed by atoms with Crippen LogP contribution in [0, 0.1) is 0 Å². The molecule has 0 saturated heterocycles. The molecule has 4 nitrogen and oxygen atoms in total. The van der Waals surface area contributed by atoms with E-state index in [1.807, 2.05) is 6.92 Å². The molecule has 0 radical (unpaired) electrons. The molecule has 100 valence electrons. The van der Waals surface area contributed by atoms with Crippen LogP contribution in [0.3, 0.4) is 0 Å². The molecular formula is C11H14F3N3O. The van der Waals surface area contributed by atoms with Crippen LogP contribution in [0.15, 0.2) is 18.3 Å². The van der Waals surface area contributed by atoms with Crippen molar-refractivity contribution < 1.29 is 18.0 Å². The van der Waals surface area contributed by atoms with Gasteiger partial charge in [-0.15, -0.1) is 0 Å². The Morgan fingerprint density at radius 2 is 2.06 bits per heavy atom. The monoisotopic (exact) mass is 261 g/mol. The third kappa shape index (κ3) is 4.33. The van der Waals surface area contributed by atoms with Gasteiger partial charge in [-0.1, -0.05) is 6.92 Å². The number of nitrogens with one attached hydrogen (secondary N) is 2. The van der Waals surface area contributed by atoms with Gasteiger partial charge in [0.2, 0.25) is 0 Å². The van der Waals surface area contributed by atoms with Crippen molar-refractivity contribution in [3.8, 4) is 0 Å². The summed E-state index contributed by atoms with van der Waals surface area (Å²) in [4.78, 5) is 15.0. The Hall–Kier alpha value is -1.63. The van der Waals surface area contributed by atoms with Crippen molar-refractivity contribution in [1.29, 1.82) is 0 Å². The predicted octanol–water partition coefficient (Wildman–Crippen LogP) is 1.44. The smallest absolute Gasteiger partial charge is 0.349 e. The summed E-state index contributed by atoms with van der Waals surface area (Å²) in [5.41, 5.74) is -0.897. The second-order valence-electron chi connectivity index (χ2n) is 3.54. The van der Waals surface area contributed by atoms with Crippen molar-refractivity contribution in [3.63, 3.8) is 0 Å². The van der Waals surface area contributed by atoms with Crippen molar-refractivity contribution in [1.82, 2.24) is 15.6 Å². The van der Waals surface area contributed by atoms with Crippen LogP contribution >= 0.6 is 0 Å². The summed E-state index contributed by atoms with van der Waals surface area (Å²) in [6.45, 7) is 3.71. The molecule has 0 saturated carbocycles. The Balaban J connectivity index is 2.54. The van der Waals surface area contributed by atoms with E-state index in [-0.39, 0.29) is 5.69 Å². The van der Waals surface area contributed by atoms with E-state index in [9.17, 15) is 18.0 Å². The van der Waals surface area contributed by atoms with Crippen LogP contribution in [0.5, 0.6) is 0 Å². The first-order valence-corrected chi connectivity index (χ1v) is 5.47. The van der Waals surface area contributed by atoms with Gasteiger partial charge in [0.05, 0.1) is 5.56 Å². The van der Waals surface area contributed by atoms with E-state index in [1.165, 1.54) is 0 Å². The zero-order chi connectivity index (χ0) is 13.6. The summed E-state index contributed by atoms with van der Waals surface area (Å²) < 4.78 is 36.8. The first-order valence-electron chi connectivity index (χ1n) is 5.47. The number of aromatic nitrogens is 1. The fourth-order valence-corrected chi connectivity index (χ4v) is 1.23. The maximum Gasteiger partial charge on any atom is 0.417 e. The quantitative estimate of drug-likeness (QED) is 0.789. The average Bonchev–Trinajstić information content (AvgIpc) is 2.33. The van der Waals surface area contributed by atoms with Gasteiger partial charge in [-0.25, -0.2) is 0 Å². The molecule has 0 aliphatic carbocycles. The maximum absolute atomic E-state index is 12.3. The fourth-order valence-electron chi connectivity index (χ4n) is 1.23. The molecular weight excluding hydrogens is 247 g/mol. The van der Waals surface area contributed by atoms with Crippen molar-refractivity contribution in [2.45, 2.75) is 13.1 Å². The number of hydrogen-bond acceptors (Lipinski definition) is 3. The molecule has 1 rings (SSSR count). The third-order valence-corrected chi connectivity index (χ3v) is 2.16. The summed E-state index contributed by atoms with van der Waals surface area (Å²) >= 11 is 0. The molecule has 0 aliphatic heterocycles. The summed E-state index contributed by atoms with van der Waals surface area (Å²) in [6, 6.07) is 1.90. The molecule has 1 amide bonds. The molecule has 18 heavy (non-hydrogen) atoms.